The molecule has 0 unspecified atom stereocenters. The summed E-state index contributed by atoms with van der Waals surface area (Å²) in [6, 6.07) is 0. The summed E-state index contributed by atoms with van der Waals surface area (Å²) in [7, 11) is 0. The first-order chi connectivity index (χ1) is 7.55. The number of ether oxygens (including phenoxy) is 2. The van der Waals surface area contributed by atoms with Crippen LogP contribution >= 0.6 is 0 Å². The molecule has 0 aromatic rings. The molecule has 0 aromatic heterocycles. The van der Waals surface area contributed by atoms with Crippen molar-refractivity contribution in [2.75, 3.05) is 13.2 Å². The maximum atomic E-state index is 11.9. The van der Waals surface area contributed by atoms with Gasteiger partial charge in [-0.05, 0) is 17.8 Å². The normalized spacial score (nSPS) is 46.2. The fourth-order valence-electron chi connectivity index (χ4n) is 3.89. The van der Waals surface area contributed by atoms with Gasteiger partial charge in [0.15, 0.2) is 5.79 Å². The topological polar surface area (TPSA) is 35.5 Å². The van der Waals surface area contributed by atoms with Crippen molar-refractivity contribution in [3.05, 3.63) is 0 Å². The third-order valence-corrected chi connectivity index (χ3v) is 5.01. The standard InChI is InChI=1S/C13H20O3/c1-9-10-7-13(15-5-6-16-13)4-3-12(10,2)8-11(9)14/h9-10H,3-8H2,1-2H3/t9-,10-,12-/m1/s1. The fraction of sp³-hybridized carbons (Fsp3) is 0.923. The van der Waals surface area contributed by atoms with Crippen molar-refractivity contribution in [1.29, 1.82) is 0 Å². The quantitative estimate of drug-likeness (QED) is 0.632. The Morgan fingerprint density at radius 3 is 2.62 bits per heavy atom. The maximum absolute atomic E-state index is 11.9. The second-order valence-corrected chi connectivity index (χ2v) is 6.00. The smallest absolute Gasteiger partial charge is 0.168 e. The number of hydrogen-bond acceptors (Lipinski definition) is 3. The molecule has 2 aliphatic carbocycles. The van der Waals surface area contributed by atoms with E-state index in [-0.39, 0.29) is 17.1 Å². The Morgan fingerprint density at radius 2 is 1.94 bits per heavy atom. The number of carbonyl (C=O) groups is 1. The lowest BCUT2D eigenvalue weighted by molar-refractivity contribution is -0.205. The molecular weight excluding hydrogens is 204 g/mol. The molecule has 0 N–H and O–H groups in total. The highest BCUT2D eigenvalue weighted by Gasteiger charge is 2.56. The highest BCUT2D eigenvalue weighted by atomic mass is 16.7. The van der Waals surface area contributed by atoms with Crippen molar-refractivity contribution in [2.24, 2.45) is 17.3 Å². The van der Waals surface area contributed by atoms with Crippen LogP contribution in [0.4, 0.5) is 0 Å². The summed E-state index contributed by atoms with van der Waals surface area (Å²) in [5.41, 5.74) is 0.205. The monoisotopic (exact) mass is 224 g/mol. The minimum Gasteiger partial charge on any atom is -0.348 e. The van der Waals surface area contributed by atoms with Gasteiger partial charge < -0.3 is 9.47 Å². The highest BCUT2D eigenvalue weighted by molar-refractivity contribution is 5.84. The first-order valence-electron chi connectivity index (χ1n) is 6.35. The van der Waals surface area contributed by atoms with Crippen LogP contribution in [0.25, 0.3) is 0 Å². The highest BCUT2D eigenvalue weighted by Crippen LogP contribution is 2.56. The summed E-state index contributed by atoms with van der Waals surface area (Å²) in [6.45, 7) is 5.77. The molecule has 3 fully saturated rings. The minimum absolute atomic E-state index is 0.190. The SMILES string of the molecule is C[C@H]1C(=O)C[C@@]2(C)CCC3(C[C@H]12)OCCO3. The van der Waals surface area contributed by atoms with Crippen molar-refractivity contribution >= 4 is 5.78 Å². The average molecular weight is 224 g/mol. The molecule has 0 amide bonds. The van der Waals surface area contributed by atoms with E-state index in [0.717, 1.165) is 25.7 Å². The van der Waals surface area contributed by atoms with Gasteiger partial charge in [0.05, 0.1) is 13.2 Å². The molecule has 0 aromatic carbocycles. The number of hydrogen-bond donors (Lipinski definition) is 0. The number of rotatable bonds is 0. The van der Waals surface area contributed by atoms with Crippen molar-refractivity contribution in [3.8, 4) is 0 Å². The Kier molecular flexibility index (Phi) is 2.21. The molecule has 1 heterocycles. The summed E-state index contributed by atoms with van der Waals surface area (Å²) >= 11 is 0. The van der Waals surface area contributed by atoms with E-state index >= 15 is 0 Å². The molecule has 3 nitrogen and oxygen atoms in total. The van der Waals surface area contributed by atoms with Crippen LogP contribution in [0.3, 0.4) is 0 Å². The molecule has 0 bridgehead atoms. The molecule has 3 atom stereocenters. The summed E-state index contributed by atoms with van der Waals surface area (Å²) in [5, 5.41) is 0. The van der Waals surface area contributed by atoms with Crippen molar-refractivity contribution in [2.45, 2.75) is 45.3 Å². The molecule has 16 heavy (non-hydrogen) atoms. The number of ketones is 1. The van der Waals surface area contributed by atoms with Gasteiger partial charge in [0, 0.05) is 25.2 Å². The van der Waals surface area contributed by atoms with E-state index < -0.39 is 0 Å². The van der Waals surface area contributed by atoms with Gasteiger partial charge in [0.25, 0.3) is 0 Å². The van der Waals surface area contributed by atoms with Gasteiger partial charge in [-0.3, -0.25) is 4.79 Å². The molecular formula is C13H20O3. The molecule has 1 aliphatic heterocycles. The van der Waals surface area contributed by atoms with Gasteiger partial charge in [-0.1, -0.05) is 13.8 Å². The zero-order chi connectivity index (χ0) is 11.4. The van der Waals surface area contributed by atoms with Crippen LogP contribution in [0.5, 0.6) is 0 Å². The molecule has 3 rings (SSSR count). The second-order valence-electron chi connectivity index (χ2n) is 6.00. The summed E-state index contributed by atoms with van der Waals surface area (Å²) in [6.07, 6.45) is 3.69. The van der Waals surface area contributed by atoms with Gasteiger partial charge in [-0.2, -0.15) is 0 Å². The van der Waals surface area contributed by atoms with Gasteiger partial charge in [-0.15, -0.1) is 0 Å². The van der Waals surface area contributed by atoms with Crippen LogP contribution in [0, 0.1) is 17.3 Å². The number of Topliss-reactive ketones (excluding diaryl/α,β-unsaturated/α-hetero) is 1. The average Bonchev–Trinajstić information content (AvgIpc) is 2.77. The van der Waals surface area contributed by atoms with Crippen molar-refractivity contribution < 1.29 is 14.3 Å². The van der Waals surface area contributed by atoms with E-state index in [1.54, 1.807) is 0 Å². The van der Waals surface area contributed by atoms with E-state index in [1.165, 1.54) is 0 Å². The summed E-state index contributed by atoms with van der Waals surface area (Å²) in [4.78, 5) is 11.9. The Bertz CT molecular complexity index is 319. The lowest BCUT2D eigenvalue weighted by Gasteiger charge is -2.44. The molecule has 1 spiro atoms. The first-order valence-corrected chi connectivity index (χ1v) is 6.35. The number of carbonyl (C=O) groups excluding carboxylic acids is 1. The van der Waals surface area contributed by atoms with Crippen LogP contribution in [-0.2, 0) is 14.3 Å². The minimum atomic E-state index is -0.344. The largest absolute Gasteiger partial charge is 0.348 e. The van der Waals surface area contributed by atoms with Crippen molar-refractivity contribution in [3.63, 3.8) is 0 Å². The van der Waals surface area contributed by atoms with Crippen LogP contribution in [-0.4, -0.2) is 24.8 Å². The Hall–Kier alpha value is -0.410. The van der Waals surface area contributed by atoms with E-state index in [4.69, 9.17) is 9.47 Å². The van der Waals surface area contributed by atoms with E-state index in [9.17, 15) is 4.79 Å². The maximum Gasteiger partial charge on any atom is 0.168 e. The first kappa shape index (κ1) is 10.7. The summed E-state index contributed by atoms with van der Waals surface area (Å²) < 4.78 is 11.6. The second kappa shape index (κ2) is 3.30. The molecule has 90 valence electrons. The molecule has 1 saturated heterocycles. The van der Waals surface area contributed by atoms with E-state index in [0.29, 0.717) is 24.9 Å². The van der Waals surface area contributed by atoms with Crippen LogP contribution in [0.15, 0.2) is 0 Å². The van der Waals surface area contributed by atoms with Gasteiger partial charge in [0.2, 0.25) is 0 Å². The number of fused-ring (bicyclic) bond motifs is 1. The van der Waals surface area contributed by atoms with E-state index in [2.05, 4.69) is 13.8 Å². The Balaban J connectivity index is 1.85. The molecule has 2 saturated carbocycles. The van der Waals surface area contributed by atoms with Crippen LogP contribution in [0.1, 0.15) is 39.5 Å². The van der Waals surface area contributed by atoms with Gasteiger partial charge >= 0.3 is 0 Å². The molecule has 0 radical (unpaired) electrons. The van der Waals surface area contributed by atoms with Crippen LogP contribution < -0.4 is 0 Å². The molecule has 3 aliphatic rings. The zero-order valence-electron chi connectivity index (χ0n) is 10.1. The zero-order valence-corrected chi connectivity index (χ0v) is 10.1. The molecule has 3 heteroatoms. The van der Waals surface area contributed by atoms with Crippen LogP contribution in [0.2, 0.25) is 0 Å². The lowest BCUT2D eigenvalue weighted by atomic mass is 9.66. The Morgan fingerprint density at radius 1 is 1.25 bits per heavy atom. The van der Waals surface area contributed by atoms with E-state index in [1.807, 2.05) is 0 Å². The summed E-state index contributed by atoms with van der Waals surface area (Å²) in [5.74, 6) is 0.729. The Labute approximate surface area is 96.5 Å². The van der Waals surface area contributed by atoms with Crippen molar-refractivity contribution in [1.82, 2.24) is 0 Å². The third kappa shape index (κ3) is 1.37. The fourth-order valence-corrected chi connectivity index (χ4v) is 3.89. The predicted octanol–water partition coefficient (Wildman–Crippen LogP) is 2.14. The lowest BCUT2D eigenvalue weighted by Crippen LogP contribution is -2.44. The third-order valence-electron chi connectivity index (χ3n) is 5.01. The predicted molar refractivity (Wildman–Crippen MR) is 58.9 cm³/mol. The van der Waals surface area contributed by atoms with Gasteiger partial charge in [-0.25, -0.2) is 0 Å². The van der Waals surface area contributed by atoms with Gasteiger partial charge in [0.1, 0.15) is 5.78 Å².